The molecule has 1 rings (SSSR count). The van der Waals surface area contributed by atoms with E-state index < -0.39 is 0 Å². The summed E-state index contributed by atoms with van der Waals surface area (Å²) in [5.74, 6) is 0.926. The third-order valence-electron chi connectivity index (χ3n) is 0.683. The summed E-state index contributed by atoms with van der Waals surface area (Å²) in [5, 5.41) is 0. The van der Waals surface area contributed by atoms with Gasteiger partial charge in [0.05, 0.1) is 0 Å². The Balaban J connectivity index is 2.51. The molecule has 0 atom stereocenters. The first-order chi connectivity index (χ1) is 2.93. The first-order valence-corrected chi connectivity index (χ1v) is 1.96. The molecule has 0 aliphatic heterocycles. The Morgan fingerprint density at radius 1 is 1.83 bits per heavy atom. The minimum atomic E-state index is 0.926. The lowest BCUT2D eigenvalue weighted by atomic mass is 10.4. The molecule has 0 saturated carbocycles. The molecular weight excluding hydrogens is 80.0 g/mol. The second kappa shape index (κ2) is 1.20. The van der Waals surface area contributed by atoms with Gasteiger partial charge in [-0.1, -0.05) is 6.92 Å². The molecule has 1 heterocycles. The Morgan fingerprint density at radius 2 is 2.50 bits per heavy atom. The van der Waals surface area contributed by atoms with Gasteiger partial charge >= 0.3 is 0 Å². The molecule has 0 N–H and O–H groups in total. The van der Waals surface area contributed by atoms with Crippen LogP contribution in [0.4, 0.5) is 0 Å². The SMILES string of the molecule is CCc1coo1. The fraction of sp³-hybridized carbons (Fsp3) is 0.500. The molecule has 2 heteroatoms. The zero-order valence-corrected chi connectivity index (χ0v) is 3.60. The van der Waals surface area contributed by atoms with Crippen molar-refractivity contribution in [2.75, 3.05) is 0 Å². The first-order valence-electron chi connectivity index (χ1n) is 1.96. The topological polar surface area (TPSA) is 26.3 Å². The fourth-order valence-electron chi connectivity index (χ4n) is 0.258. The van der Waals surface area contributed by atoms with Crippen LogP contribution in [0.3, 0.4) is 0 Å². The van der Waals surface area contributed by atoms with Crippen LogP contribution in [0, 0.1) is 0 Å². The van der Waals surface area contributed by atoms with Crippen molar-refractivity contribution in [1.82, 2.24) is 0 Å². The number of aryl methyl sites for hydroxylation is 1. The molecule has 1 aromatic heterocycles. The summed E-state index contributed by atoms with van der Waals surface area (Å²) in [7, 11) is 0. The van der Waals surface area contributed by atoms with E-state index >= 15 is 0 Å². The summed E-state index contributed by atoms with van der Waals surface area (Å²) in [6.45, 7) is 2.01. The molecule has 0 saturated heterocycles. The van der Waals surface area contributed by atoms with Crippen LogP contribution in [0.25, 0.3) is 0 Å². The minimum Gasteiger partial charge on any atom is -0.294 e. The fourth-order valence-corrected chi connectivity index (χ4v) is 0.258. The van der Waals surface area contributed by atoms with Crippen LogP contribution in [0.5, 0.6) is 0 Å². The maximum absolute atomic E-state index is 4.44. The van der Waals surface area contributed by atoms with Crippen LogP contribution in [0.1, 0.15) is 12.7 Å². The van der Waals surface area contributed by atoms with Gasteiger partial charge in [0, 0.05) is 6.42 Å². The molecule has 0 spiro atoms. The third-order valence-corrected chi connectivity index (χ3v) is 0.683. The Hall–Kier alpha value is -0.660. The van der Waals surface area contributed by atoms with E-state index in [9.17, 15) is 0 Å². The predicted molar refractivity (Wildman–Crippen MR) is 20.4 cm³/mol. The van der Waals surface area contributed by atoms with E-state index in [4.69, 9.17) is 0 Å². The van der Waals surface area contributed by atoms with Crippen molar-refractivity contribution >= 4 is 0 Å². The number of hydrogen-bond donors (Lipinski definition) is 0. The molecular formula is C4H6O2. The van der Waals surface area contributed by atoms with Crippen molar-refractivity contribution in [2.45, 2.75) is 13.3 Å². The zero-order valence-electron chi connectivity index (χ0n) is 3.60. The third kappa shape index (κ3) is 0.339. The molecule has 1 aromatic rings. The average Bonchev–Trinajstić information content (AvgIpc) is 1.31. The van der Waals surface area contributed by atoms with Gasteiger partial charge in [0.25, 0.3) is 0 Å². The molecule has 0 bridgehead atoms. The quantitative estimate of drug-likeness (QED) is 0.483. The molecule has 0 aromatic carbocycles. The van der Waals surface area contributed by atoms with Crippen LogP contribution >= 0.6 is 0 Å². The highest BCUT2D eigenvalue weighted by Gasteiger charge is 1.91. The molecule has 0 aliphatic carbocycles. The molecule has 2 nitrogen and oxygen atoms in total. The normalized spacial score (nSPS) is 9.50. The Labute approximate surface area is 35.7 Å². The van der Waals surface area contributed by atoms with Crippen molar-refractivity contribution in [3.63, 3.8) is 0 Å². The zero-order chi connectivity index (χ0) is 4.41. The maximum atomic E-state index is 4.44. The number of hydrogen-bond acceptors (Lipinski definition) is 2. The number of rotatable bonds is 1. The van der Waals surface area contributed by atoms with E-state index in [2.05, 4.69) is 9.15 Å². The van der Waals surface area contributed by atoms with Crippen molar-refractivity contribution in [3.05, 3.63) is 12.0 Å². The van der Waals surface area contributed by atoms with Gasteiger partial charge in [-0.3, -0.25) is 9.15 Å². The van der Waals surface area contributed by atoms with Crippen LogP contribution in [-0.4, -0.2) is 0 Å². The lowest BCUT2D eigenvalue weighted by molar-refractivity contribution is -0.0154. The summed E-state index contributed by atoms with van der Waals surface area (Å²) in [6.07, 6.45) is 2.53. The van der Waals surface area contributed by atoms with E-state index in [0.717, 1.165) is 12.2 Å². The van der Waals surface area contributed by atoms with E-state index in [1.807, 2.05) is 6.92 Å². The van der Waals surface area contributed by atoms with E-state index in [1.165, 1.54) is 0 Å². The molecule has 0 unspecified atom stereocenters. The van der Waals surface area contributed by atoms with E-state index in [-0.39, 0.29) is 0 Å². The smallest absolute Gasteiger partial charge is 0.194 e. The highest BCUT2D eigenvalue weighted by atomic mass is 17.0. The van der Waals surface area contributed by atoms with E-state index in [1.54, 1.807) is 6.26 Å². The molecule has 0 fully saturated rings. The largest absolute Gasteiger partial charge is 0.294 e. The summed E-state index contributed by atoms with van der Waals surface area (Å²) in [4.78, 5) is 0. The van der Waals surface area contributed by atoms with Crippen LogP contribution < -0.4 is 0 Å². The Morgan fingerprint density at radius 3 is 2.50 bits per heavy atom. The minimum absolute atomic E-state index is 0.926. The first kappa shape index (κ1) is 3.53. The van der Waals surface area contributed by atoms with Crippen molar-refractivity contribution in [3.8, 4) is 0 Å². The second-order valence-corrected chi connectivity index (χ2v) is 1.12. The highest BCUT2D eigenvalue weighted by molar-refractivity contribution is 4.81. The van der Waals surface area contributed by atoms with Crippen LogP contribution in [0.15, 0.2) is 15.4 Å². The van der Waals surface area contributed by atoms with Gasteiger partial charge < -0.3 is 0 Å². The van der Waals surface area contributed by atoms with Gasteiger partial charge in [0.1, 0.15) is 0 Å². The lowest BCUT2D eigenvalue weighted by Crippen LogP contribution is -1.77. The molecule has 0 radical (unpaired) electrons. The summed E-state index contributed by atoms with van der Waals surface area (Å²) in [6, 6.07) is 0. The van der Waals surface area contributed by atoms with Crippen molar-refractivity contribution in [1.29, 1.82) is 0 Å². The molecule has 34 valence electrons. The molecule has 0 aliphatic rings. The van der Waals surface area contributed by atoms with E-state index in [0.29, 0.717) is 0 Å². The standard InChI is InChI=1S/C4H6O2/c1-2-4-3-5-6-4/h3H,2H2,1H3. The summed E-state index contributed by atoms with van der Waals surface area (Å²) < 4.78 is 8.70. The van der Waals surface area contributed by atoms with Crippen LogP contribution in [0.2, 0.25) is 0 Å². The van der Waals surface area contributed by atoms with Crippen molar-refractivity contribution in [2.24, 2.45) is 0 Å². The monoisotopic (exact) mass is 86.0 g/mol. The van der Waals surface area contributed by atoms with Gasteiger partial charge in [-0.25, -0.2) is 0 Å². The predicted octanol–water partition coefficient (Wildman–Crippen LogP) is 1.44. The van der Waals surface area contributed by atoms with Gasteiger partial charge in [-0.05, 0) is 0 Å². The molecule has 0 amide bonds. The lowest BCUT2D eigenvalue weighted by Gasteiger charge is -1.90. The second-order valence-electron chi connectivity index (χ2n) is 1.12. The van der Waals surface area contributed by atoms with Gasteiger partial charge in [-0.2, -0.15) is 0 Å². The Kier molecular flexibility index (Phi) is 0.708. The van der Waals surface area contributed by atoms with Crippen molar-refractivity contribution < 1.29 is 9.15 Å². The van der Waals surface area contributed by atoms with Crippen LogP contribution in [-0.2, 0) is 6.42 Å². The average molecular weight is 86.1 g/mol. The Bertz CT molecular complexity index is 98.2. The summed E-state index contributed by atoms with van der Waals surface area (Å²) >= 11 is 0. The maximum Gasteiger partial charge on any atom is 0.194 e. The highest BCUT2D eigenvalue weighted by Crippen LogP contribution is 2.00. The molecule has 6 heavy (non-hydrogen) atoms. The van der Waals surface area contributed by atoms with Gasteiger partial charge in [-0.15, -0.1) is 0 Å². The van der Waals surface area contributed by atoms with Gasteiger partial charge in [0.2, 0.25) is 0 Å². The van der Waals surface area contributed by atoms with Gasteiger partial charge in [0.15, 0.2) is 12.0 Å². The summed E-state index contributed by atoms with van der Waals surface area (Å²) in [5.41, 5.74) is 0.